The smallest absolute Gasteiger partial charge is 0.146 e. The van der Waals surface area contributed by atoms with E-state index in [1.165, 1.54) is 12.1 Å². The maximum absolute atomic E-state index is 13.4. The van der Waals surface area contributed by atoms with Gasteiger partial charge in [-0.05, 0) is 31.0 Å². The topological polar surface area (TPSA) is 70.6 Å². The molecule has 19 heavy (non-hydrogen) atoms. The van der Waals surface area contributed by atoms with Crippen molar-refractivity contribution in [3.8, 4) is 0 Å². The molecular weight excluding hydrogens is 269 g/mol. The molecular formula is C13H19ClFN3O. The number of anilines is 1. The zero-order chi connectivity index (χ0) is 14.5. The number of halogens is 2. The number of nitrogens with two attached hydrogens (primary N) is 1. The SMILES string of the molecule is CC(C)(CCCNc1cc(Cl)ccc1F)C(N)=NO. The number of amidine groups is 1. The Balaban J connectivity index is 2.45. The molecule has 0 atom stereocenters. The molecule has 0 amide bonds. The van der Waals surface area contributed by atoms with Gasteiger partial charge < -0.3 is 16.3 Å². The molecule has 0 aromatic heterocycles. The first-order valence-corrected chi connectivity index (χ1v) is 6.41. The van der Waals surface area contributed by atoms with Gasteiger partial charge in [0, 0.05) is 17.0 Å². The number of nitrogens with zero attached hydrogens (tertiary/aromatic N) is 1. The zero-order valence-electron chi connectivity index (χ0n) is 11.1. The van der Waals surface area contributed by atoms with E-state index in [4.69, 9.17) is 22.5 Å². The van der Waals surface area contributed by atoms with Gasteiger partial charge in [0.2, 0.25) is 0 Å². The Hall–Kier alpha value is -1.49. The molecule has 0 unspecified atom stereocenters. The minimum atomic E-state index is -0.386. The van der Waals surface area contributed by atoms with Crippen LogP contribution in [0.4, 0.5) is 10.1 Å². The van der Waals surface area contributed by atoms with E-state index in [1.54, 1.807) is 6.07 Å². The number of rotatable bonds is 6. The molecule has 0 fully saturated rings. The largest absolute Gasteiger partial charge is 0.409 e. The normalized spacial score (nSPS) is 12.5. The number of benzene rings is 1. The van der Waals surface area contributed by atoms with Gasteiger partial charge in [0.15, 0.2) is 0 Å². The molecule has 0 saturated carbocycles. The summed E-state index contributed by atoms with van der Waals surface area (Å²) in [6.07, 6.45) is 1.48. The first kappa shape index (κ1) is 15.6. The maximum atomic E-state index is 13.4. The van der Waals surface area contributed by atoms with Crippen molar-refractivity contribution in [2.24, 2.45) is 16.3 Å². The van der Waals surface area contributed by atoms with Crippen molar-refractivity contribution in [2.75, 3.05) is 11.9 Å². The number of hydrogen-bond donors (Lipinski definition) is 3. The molecule has 6 heteroatoms. The molecule has 4 N–H and O–H groups in total. The van der Waals surface area contributed by atoms with E-state index in [9.17, 15) is 4.39 Å². The van der Waals surface area contributed by atoms with E-state index in [0.717, 1.165) is 12.8 Å². The highest BCUT2D eigenvalue weighted by Crippen LogP contribution is 2.23. The fourth-order valence-electron chi connectivity index (χ4n) is 1.65. The third kappa shape index (κ3) is 4.59. The highest BCUT2D eigenvalue weighted by atomic mass is 35.5. The fraction of sp³-hybridized carbons (Fsp3) is 0.462. The van der Waals surface area contributed by atoms with Gasteiger partial charge in [-0.1, -0.05) is 30.6 Å². The average Bonchev–Trinajstić information content (AvgIpc) is 2.37. The molecule has 0 heterocycles. The maximum Gasteiger partial charge on any atom is 0.146 e. The monoisotopic (exact) mass is 287 g/mol. The second kappa shape index (κ2) is 6.61. The number of hydrogen-bond acceptors (Lipinski definition) is 3. The van der Waals surface area contributed by atoms with Gasteiger partial charge in [0.05, 0.1) is 5.69 Å². The molecule has 0 spiro atoms. The summed E-state index contributed by atoms with van der Waals surface area (Å²) >= 11 is 5.80. The van der Waals surface area contributed by atoms with Gasteiger partial charge in [-0.2, -0.15) is 0 Å². The van der Waals surface area contributed by atoms with Gasteiger partial charge >= 0.3 is 0 Å². The summed E-state index contributed by atoms with van der Waals surface area (Å²) in [7, 11) is 0. The van der Waals surface area contributed by atoms with E-state index in [-0.39, 0.29) is 17.1 Å². The van der Waals surface area contributed by atoms with E-state index in [1.807, 2.05) is 13.8 Å². The molecule has 1 rings (SSSR count). The Kier molecular flexibility index (Phi) is 5.42. The van der Waals surface area contributed by atoms with E-state index in [0.29, 0.717) is 17.3 Å². The lowest BCUT2D eigenvalue weighted by atomic mass is 9.86. The summed E-state index contributed by atoms with van der Waals surface area (Å²) in [4.78, 5) is 0. The first-order chi connectivity index (χ1) is 8.86. The van der Waals surface area contributed by atoms with Gasteiger partial charge in [0.1, 0.15) is 11.7 Å². The van der Waals surface area contributed by atoms with Crippen LogP contribution in [0.5, 0.6) is 0 Å². The molecule has 1 aromatic rings. The van der Waals surface area contributed by atoms with Gasteiger partial charge in [-0.15, -0.1) is 0 Å². The average molecular weight is 288 g/mol. The summed E-state index contributed by atoms with van der Waals surface area (Å²) in [5.41, 5.74) is 5.59. The Labute approximate surface area is 117 Å². The van der Waals surface area contributed by atoms with E-state index >= 15 is 0 Å². The molecule has 0 saturated heterocycles. The third-order valence-electron chi connectivity index (χ3n) is 3.02. The van der Waals surface area contributed by atoms with E-state index in [2.05, 4.69) is 10.5 Å². The molecule has 0 aliphatic carbocycles. The van der Waals surface area contributed by atoms with Gasteiger partial charge in [-0.25, -0.2) is 4.39 Å². The molecule has 0 aliphatic rings. The number of oxime groups is 1. The van der Waals surface area contributed by atoms with Crippen molar-refractivity contribution in [3.63, 3.8) is 0 Å². The van der Waals surface area contributed by atoms with Gasteiger partial charge in [-0.3, -0.25) is 0 Å². The second-order valence-electron chi connectivity index (χ2n) is 5.02. The summed E-state index contributed by atoms with van der Waals surface area (Å²) in [5.74, 6) is -0.137. The van der Waals surface area contributed by atoms with Crippen LogP contribution >= 0.6 is 11.6 Å². The fourth-order valence-corrected chi connectivity index (χ4v) is 1.82. The lowest BCUT2D eigenvalue weighted by molar-refractivity contribution is 0.305. The Morgan fingerprint density at radius 2 is 2.21 bits per heavy atom. The van der Waals surface area contributed by atoms with Crippen molar-refractivity contribution >= 4 is 23.1 Å². The third-order valence-corrected chi connectivity index (χ3v) is 3.26. The first-order valence-electron chi connectivity index (χ1n) is 6.04. The van der Waals surface area contributed by atoms with E-state index < -0.39 is 0 Å². The number of nitrogens with one attached hydrogen (secondary N) is 1. The van der Waals surface area contributed by atoms with Gasteiger partial charge in [0.25, 0.3) is 0 Å². The zero-order valence-corrected chi connectivity index (χ0v) is 11.8. The predicted octanol–water partition coefficient (Wildman–Crippen LogP) is 3.44. The molecule has 0 radical (unpaired) electrons. The predicted molar refractivity (Wildman–Crippen MR) is 76.3 cm³/mol. The van der Waals surface area contributed by atoms with Crippen LogP contribution in [0.3, 0.4) is 0 Å². The molecule has 106 valence electrons. The highest BCUT2D eigenvalue weighted by Gasteiger charge is 2.22. The summed E-state index contributed by atoms with van der Waals surface area (Å²) in [5, 5.41) is 15.1. The van der Waals surface area contributed by atoms with Crippen LogP contribution in [0.1, 0.15) is 26.7 Å². The van der Waals surface area contributed by atoms with Crippen LogP contribution in [0.15, 0.2) is 23.4 Å². The minimum absolute atomic E-state index is 0.196. The van der Waals surface area contributed by atoms with Crippen molar-refractivity contribution in [3.05, 3.63) is 29.0 Å². The molecule has 4 nitrogen and oxygen atoms in total. The van der Waals surface area contributed by atoms with Crippen molar-refractivity contribution < 1.29 is 9.60 Å². The van der Waals surface area contributed by atoms with Crippen LogP contribution in [0, 0.1) is 11.2 Å². The minimum Gasteiger partial charge on any atom is -0.409 e. The van der Waals surface area contributed by atoms with Crippen LogP contribution in [-0.4, -0.2) is 17.6 Å². The summed E-state index contributed by atoms with van der Waals surface area (Å²) < 4.78 is 13.4. The Morgan fingerprint density at radius 3 is 2.84 bits per heavy atom. The van der Waals surface area contributed by atoms with Crippen LogP contribution in [0.25, 0.3) is 0 Å². The summed E-state index contributed by atoms with van der Waals surface area (Å²) in [6, 6.07) is 4.38. The quantitative estimate of drug-likeness (QED) is 0.247. The lowest BCUT2D eigenvalue weighted by Gasteiger charge is -2.22. The molecule has 0 bridgehead atoms. The van der Waals surface area contributed by atoms with Crippen LogP contribution in [-0.2, 0) is 0 Å². The summed E-state index contributed by atoms with van der Waals surface area (Å²) in [6.45, 7) is 4.36. The second-order valence-corrected chi connectivity index (χ2v) is 5.46. The highest BCUT2D eigenvalue weighted by molar-refractivity contribution is 6.30. The Bertz CT molecular complexity index is 463. The molecule has 0 aliphatic heterocycles. The molecule has 1 aromatic carbocycles. The Morgan fingerprint density at radius 1 is 1.53 bits per heavy atom. The lowest BCUT2D eigenvalue weighted by Crippen LogP contribution is -2.32. The van der Waals surface area contributed by atoms with Crippen LogP contribution < -0.4 is 11.1 Å². The van der Waals surface area contributed by atoms with Crippen molar-refractivity contribution in [2.45, 2.75) is 26.7 Å². The van der Waals surface area contributed by atoms with Crippen LogP contribution in [0.2, 0.25) is 5.02 Å². The standard InChI is InChI=1S/C13H19ClFN3O/c1-13(2,12(16)18-19)6-3-7-17-11-8-9(14)4-5-10(11)15/h4-5,8,17,19H,3,6-7H2,1-2H3,(H2,16,18). The van der Waals surface area contributed by atoms with Crippen molar-refractivity contribution in [1.82, 2.24) is 0 Å². The van der Waals surface area contributed by atoms with Crippen molar-refractivity contribution in [1.29, 1.82) is 0 Å².